The van der Waals surface area contributed by atoms with Gasteiger partial charge in [0.1, 0.15) is 19.3 Å². The summed E-state index contributed by atoms with van der Waals surface area (Å²) in [5.41, 5.74) is -0.423. The van der Waals surface area contributed by atoms with Crippen molar-refractivity contribution in [2.75, 3.05) is 19.8 Å². The van der Waals surface area contributed by atoms with Crippen LogP contribution in [0, 0.1) is 0 Å². The van der Waals surface area contributed by atoms with Gasteiger partial charge in [-0.15, -0.1) is 15.3 Å². The maximum Gasteiger partial charge on any atom is 0.233 e. The molecule has 1 atom stereocenters. The second-order valence-electron chi connectivity index (χ2n) is 7.52. The Balaban J connectivity index is 1.74. The van der Waals surface area contributed by atoms with E-state index in [9.17, 15) is 10.2 Å². The molecule has 0 aliphatic rings. The van der Waals surface area contributed by atoms with Gasteiger partial charge in [-0.3, -0.25) is 0 Å². The van der Waals surface area contributed by atoms with Crippen molar-refractivity contribution in [3.63, 3.8) is 0 Å². The zero-order chi connectivity index (χ0) is 21.3. The summed E-state index contributed by atoms with van der Waals surface area (Å²) in [6, 6.07) is 10.1. The minimum atomic E-state index is -0.751. The second kappa shape index (κ2) is 10.7. The molecule has 0 saturated carbocycles. The van der Waals surface area contributed by atoms with E-state index in [4.69, 9.17) is 9.47 Å². The standard InChI is InChI=1S/C20H29N5O4/c1-14(2)22-23-18-9-10-19(25-24-18)29-13-20(3,4)21-11-15(26)12-28-17-8-6-5-7-16(17)27/h5-10,14-15,21,26-27H,11-13H2,1-4H3. The van der Waals surface area contributed by atoms with E-state index in [-0.39, 0.29) is 18.4 Å². The van der Waals surface area contributed by atoms with Crippen LogP contribution in [0.25, 0.3) is 0 Å². The van der Waals surface area contributed by atoms with Crippen molar-refractivity contribution in [1.82, 2.24) is 15.5 Å². The highest BCUT2D eigenvalue weighted by atomic mass is 16.5. The average molecular weight is 403 g/mol. The van der Waals surface area contributed by atoms with Gasteiger partial charge in [0.05, 0.1) is 6.04 Å². The number of β-amino-alcohol motifs (C(OH)–C–C–N with tert-alkyl or cyclic N) is 1. The predicted molar refractivity (Wildman–Crippen MR) is 109 cm³/mol. The third kappa shape index (κ3) is 8.41. The van der Waals surface area contributed by atoms with Crippen molar-refractivity contribution < 1.29 is 19.7 Å². The zero-order valence-corrected chi connectivity index (χ0v) is 17.2. The molecule has 0 spiro atoms. The molecule has 1 aromatic heterocycles. The molecule has 0 fully saturated rings. The van der Waals surface area contributed by atoms with E-state index >= 15 is 0 Å². The van der Waals surface area contributed by atoms with Gasteiger partial charge in [0.2, 0.25) is 5.88 Å². The lowest BCUT2D eigenvalue weighted by Crippen LogP contribution is -2.48. The fourth-order valence-electron chi connectivity index (χ4n) is 2.14. The Morgan fingerprint density at radius 1 is 1.10 bits per heavy atom. The minimum Gasteiger partial charge on any atom is -0.504 e. The lowest BCUT2D eigenvalue weighted by Gasteiger charge is -2.27. The number of hydrogen-bond acceptors (Lipinski definition) is 9. The summed E-state index contributed by atoms with van der Waals surface area (Å²) in [7, 11) is 0. The number of para-hydroxylation sites is 2. The van der Waals surface area contributed by atoms with Gasteiger partial charge in [0, 0.05) is 18.2 Å². The number of phenols is 1. The van der Waals surface area contributed by atoms with Gasteiger partial charge in [-0.1, -0.05) is 12.1 Å². The van der Waals surface area contributed by atoms with Gasteiger partial charge in [-0.2, -0.15) is 5.11 Å². The summed E-state index contributed by atoms with van der Waals surface area (Å²) in [5, 5.41) is 38.9. The summed E-state index contributed by atoms with van der Waals surface area (Å²) < 4.78 is 11.1. The van der Waals surface area contributed by atoms with Gasteiger partial charge < -0.3 is 25.0 Å². The Kier molecular flexibility index (Phi) is 8.29. The number of phenolic OH excluding ortho intramolecular Hbond substituents is 1. The molecule has 2 aromatic rings. The van der Waals surface area contributed by atoms with Crippen LogP contribution < -0.4 is 14.8 Å². The Morgan fingerprint density at radius 3 is 2.52 bits per heavy atom. The number of aliphatic hydroxyl groups excluding tert-OH is 1. The normalized spacial score (nSPS) is 13.0. The molecule has 158 valence electrons. The van der Waals surface area contributed by atoms with Crippen molar-refractivity contribution >= 4 is 5.82 Å². The SMILES string of the molecule is CC(C)N=Nc1ccc(OCC(C)(C)NCC(O)COc2ccccc2O)nn1. The largest absolute Gasteiger partial charge is 0.504 e. The molecule has 0 radical (unpaired) electrons. The molecule has 9 heteroatoms. The van der Waals surface area contributed by atoms with Gasteiger partial charge in [0.25, 0.3) is 0 Å². The van der Waals surface area contributed by atoms with Crippen LogP contribution >= 0.6 is 0 Å². The topological polar surface area (TPSA) is 121 Å². The van der Waals surface area contributed by atoms with Gasteiger partial charge in [-0.25, -0.2) is 0 Å². The Bertz CT molecular complexity index is 781. The van der Waals surface area contributed by atoms with E-state index in [1.165, 1.54) is 6.07 Å². The van der Waals surface area contributed by atoms with Crippen LogP contribution in [0.3, 0.4) is 0 Å². The Morgan fingerprint density at radius 2 is 1.86 bits per heavy atom. The van der Waals surface area contributed by atoms with E-state index < -0.39 is 11.6 Å². The summed E-state index contributed by atoms with van der Waals surface area (Å²) in [4.78, 5) is 0. The lowest BCUT2D eigenvalue weighted by atomic mass is 10.1. The highest BCUT2D eigenvalue weighted by Gasteiger charge is 2.20. The first-order valence-electron chi connectivity index (χ1n) is 9.46. The zero-order valence-electron chi connectivity index (χ0n) is 17.2. The Labute approximate surface area is 170 Å². The van der Waals surface area contributed by atoms with Gasteiger partial charge >= 0.3 is 0 Å². The number of nitrogens with zero attached hydrogens (tertiary/aromatic N) is 4. The number of aromatic nitrogens is 2. The number of hydrogen-bond donors (Lipinski definition) is 3. The Hall–Kier alpha value is -2.78. The molecule has 1 heterocycles. The summed E-state index contributed by atoms with van der Waals surface area (Å²) in [5.74, 6) is 1.19. The molecule has 1 unspecified atom stereocenters. The summed E-state index contributed by atoms with van der Waals surface area (Å²) in [6.07, 6.45) is -0.751. The molecular weight excluding hydrogens is 374 g/mol. The average Bonchev–Trinajstić information content (AvgIpc) is 2.69. The number of aliphatic hydroxyl groups is 1. The van der Waals surface area contributed by atoms with Crippen molar-refractivity contribution in [2.45, 2.75) is 45.4 Å². The third-order valence-corrected chi connectivity index (χ3v) is 3.71. The molecule has 0 aliphatic carbocycles. The second-order valence-corrected chi connectivity index (χ2v) is 7.52. The predicted octanol–water partition coefficient (Wildman–Crippen LogP) is 2.86. The van der Waals surface area contributed by atoms with Crippen molar-refractivity contribution in [3.8, 4) is 17.4 Å². The van der Waals surface area contributed by atoms with Gasteiger partial charge in [0.15, 0.2) is 17.3 Å². The minimum absolute atomic E-state index is 0.0409. The number of benzene rings is 1. The van der Waals surface area contributed by atoms with E-state index in [1.54, 1.807) is 30.3 Å². The monoisotopic (exact) mass is 403 g/mol. The lowest BCUT2D eigenvalue weighted by molar-refractivity contribution is 0.0910. The maximum absolute atomic E-state index is 10.1. The van der Waals surface area contributed by atoms with Crippen molar-refractivity contribution in [3.05, 3.63) is 36.4 Å². The van der Waals surface area contributed by atoms with Crippen LogP contribution in [-0.2, 0) is 0 Å². The molecule has 1 aromatic carbocycles. The molecule has 3 N–H and O–H groups in total. The molecule has 0 saturated heterocycles. The smallest absolute Gasteiger partial charge is 0.233 e. The van der Waals surface area contributed by atoms with Crippen molar-refractivity contribution in [1.29, 1.82) is 0 Å². The number of ether oxygens (including phenoxy) is 2. The van der Waals surface area contributed by atoms with Crippen molar-refractivity contribution in [2.24, 2.45) is 10.2 Å². The van der Waals surface area contributed by atoms with Crippen LogP contribution in [0.15, 0.2) is 46.6 Å². The summed E-state index contributed by atoms with van der Waals surface area (Å²) in [6.45, 7) is 8.42. The van der Waals surface area contributed by atoms with Gasteiger partial charge in [-0.05, 0) is 45.9 Å². The maximum atomic E-state index is 10.1. The quantitative estimate of drug-likeness (QED) is 0.493. The van der Waals surface area contributed by atoms with E-state index in [2.05, 4.69) is 25.7 Å². The van der Waals surface area contributed by atoms with E-state index in [1.807, 2.05) is 27.7 Å². The first-order valence-corrected chi connectivity index (χ1v) is 9.46. The highest BCUT2D eigenvalue weighted by molar-refractivity contribution is 5.37. The number of azo groups is 1. The molecule has 9 nitrogen and oxygen atoms in total. The van der Waals surface area contributed by atoms with E-state index in [0.29, 0.717) is 30.6 Å². The molecule has 2 rings (SSSR count). The summed E-state index contributed by atoms with van der Waals surface area (Å²) >= 11 is 0. The van der Waals surface area contributed by atoms with Crippen LogP contribution in [0.1, 0.15) is 27.7 Å². The van der Waals surface area contributed by atoms with Crippen LogP contribution in [0.4, 0.5) is 5.82 Å². The fourth-order valence-corrected chi connectivity index (χ4v) is 2.14. The number of aromatic hydroxyl groups is 1. The third-order valence-electron chi connectivity index (χ3n) is 3.71. The first kappa shape index (κ1) is 22.5. The van der Waals surface area contributed by atoms with Crippen LogP contribution in [0.2, 0.25) is 0 Å². The number of nitrogens with one attached hydrogen (secondary N) is 1. The molecule has 0 amide bonds. The molecule has 29 heavy (non-hydrogen) atoms. The van der Waals surface area contributed by atoms with Crippen LogP contribution in [0.5, 0.6) is 17.4 Å². The van der Waals surface area contributed by atoms with E-state index in [0.717, 1.165) is 0 Å². The number of rotatable bonds is 11. The molecular formula is C20H29N5O4. The fraction of sp³-hybridized carbons (Fsp3) is 0.500. The molecule has 0 aliphatic heterocycles. The highest BCUT2D eigenvalue weighted by Crippen LogP contribution is 2.24. The van der Waals surface area contributed by atoms with Crippen LogP contribution in [-0.4, -0.2) is 57.9 Å². The first-order chi connectivity index (χ1) is 13.7. The molecule has 0 bridgehead atoms.